The maximum absolute atomic E-state index is 4.14. The first kappa shape index (κ1) is 16.4. The highest BCUT2D eigenvalue weighted by Crippen LogP contribution is 2.31. The predicted molar refractivity (Wildman–Crippen MR) is 107 cm³/mol. The number of benzene rings is 3. The Labute approximate surface area is 148 Å². The fraction of sp³-hybridized carbons (Fsp3) is 0.0909. The summed E-state index contributed by atoms with van der Waals surface area (Å²) in [6.07, 6.45) is 1.67. The van der Waals surface area contributed by atoms with E-state index in [2.05, 4.69) is 86.1 Å². The minimum absolute atomic E-state index is 0.878. The Hall–Kier alpha value is -2.45. The molecule has 0 amide bonds. The quantitative estimate of drug-likeness (QED) is 0.544. The highest BCUT2D eigenvalue weighted by atomic mass is 32.2. The maximum atomic E-state index is 4.14. The Kier molecular flexibility index (Phi) is 5.07. The molecule has 3 aromatic carbocycles. The van der Waals surface area contributed by atoms with Crippen LogP contribution in [0.5, 0.6) is 0 Å². The molecule has 120 valence electrons. The second kappa shape index (κ2) is 7.41. The summed E-state index contributed by atoms with van der Waals surface area (Å²) in [5.74, 6) is 0.929. The summed E-state index contributed by atoms with van der Waals surface area (Å²) >= 11 is 1.86. The van der Waals surface area contributed by atoms with Crippen LogP contribution in [-0.4, -0.2) is 0 Å². The Balaban J connectivity index is 1.96. The van der Waals surface area contributed by atoms with E-state index in [-0.39, 0.29) is 0 Å². The third kappa shape index (κ3) is 3.55. The molecule has 0 aliphatic carbocycles. The molecule has 3 rings (SSSR count). The lowest BCUT2D eigenvalue weighted by atomic mass is 9.98. The van der Waals surface area contributed by atoms with Crippen molar-refractivity contribution in [1.29, 1.82) is 0 Å². The number of thioether (sulfide) groups is 1. The lowest BCUT2D eigenvalue weighted by Gasteiger charge is -2.13. The second-order valence-corrected chi connectivity index (χ2v) is 6.80. The molecule has 1 N–H and O–H groups in total. The van der Waals surface area contributed by atoms with Crippen LogP contribution in [-0.2, 0) is 5.75 Å². The average Bonchev–Trinajstić information content (AvgIpc) is 2.61. The molecular formula is C22H21NS. The fourth-order valence-electron chi connectivity index (χ4n) is 2.79. The van der Waals surface area contributed by atoms with Crippen LogP contribution >= 0.6 is 11.8 Å². The van der Waals surface area contributed by atoms with E-state index >= 15 is 0 Å². The largest absolute Gasteiger partial charge is 0.362 e. The minimum atomic E-state index is 0.878. The smallest absolute Gasteiger partial charge is 0.0386 e. The number of rotatable bonds is 6. The van der Waals surface area contributed by atoms with Crippen LogP contribution in [0, 0.1) is 6.92 Å². The van der Waals surface area contributed by atoms with Crippen molar-refractivity contribution < 1.29 is 0 Å². The molecule has 0 fully saturated rings. The Morgan fingerprint density at radius 2 is 1.75 bits per heavy atom. The molecule has 3 aromatic rings. The number of hydrogen-bond acceptors (Lipinski definition) is 2. The molecule has 0 atom stereocenters. The van der Waals surface area contributed by atoms with Crippen molar-refractivity contribution in [3.8, 4) is 0 Å². The van der Waals surface area contributed by atoms with Crippen molar-refractivity contribution in [2.24, 2.45) is 0 Å². The summed E-state index contributed by atoms with van der Waals surface area (Å²) in [6.45, 7) is 10.00. The van der Waals surface area contributed by atoms with Gasteiger partial charge in [-0.15, -0.1) is 11.8 Å². The number of fused-ring (bicyclic) bond motifs is 1. The standard InChI is InChI=1S/C22H21NS/c1-4-23-17(3)21-10-6-8-18-7-5-9-19(22(18)21)15-24-20-13-11-16(2)12-14-20/h4-14,23H,1,3,15H2,2H3. The van der Waals surface area contributed by atoms with Crippen LogP contribution in [0.15, 0.2) is 84.9 Å². The van der Waals surface area contributed by atoms with Gasteiger partial charge in [0.05, 0.1) is 0 Å². The van der Waals surface area contributed by atoms with Gasteiger partial charge in [-0.05, 0) is 41.6 Å². The first-order valence-corrected chi connectivity index (χ1v) is 8.94. The van der Waals surface area contributed by atoms with Crippen molar-refractivity contribution in [1.82, 2.24) is 5.32 Å². The van der Waals surface area contributed by atoms with E-state index in [1.165, 1.54) is 26.8 Å². The molecule has 0 saturated carbocycles. The van der Waals surface area contributed by atoms with Gasteiger partial charge >= 0.3 is 0 Å². The summed E-state index contributed by atoms with van der Waals surface area (Å²) in [4.78, 5) is 1.29. The van der Waals surface area contributed by atoms with Gasteiger partial charge in [-0.3, -0.25) is 0 Å². The first-order chi connectivity index (χ1) is 11.7. The van der Waals surface area contributed by atoms with Crippen molar-refractivity contribution in [3.05, 3.63) is 96.7 Å². The molecule has 0 spiro atoms. The monoisotopic (exact) mass is 331 g/mol. The van der Waals surface area contributed by atoms with Gasteiger partial charge in [0, 0.05) is 21.9 Å². The Morgan fingerprint density at radius 1 is 1.04 bits per heavy atom. The molecule has 0 radical (unpaired) electrons. The van der Waals surface area contributed by atoms with E-state index in [0.29, 0.717) is 0 Å². The van der Waals surface area contributed by atoms with Gasteiger partial charge < -0.3 is 5.32 Å². The molecule has 0 aromatic heterocycles. The molecule has 1 nitrogen and oxygen atoms in total. The third-order valence-electron chi connectivity index (χ3n) is 4.01. The van der Waals surface area contributed by atoms with Crippen molar-refractivity contribution in [2.45, 2.75) is 17.6 Å². The number of nitrogens with one attached hydrogen (secondary N) is 1. The molecule has 2 heteroatoms. The molecule has 0 heterocycles. The zero-order chi connectivity index (χ0) is 16.9. The van der Waals surface area contributed by atoms with Crippen LogP contribution in [0.3, 0.4) is 0 Å². The maximum Gasteiger partial charge on any atom is 0.0386 e. The van der Waals surface area contributed by atoms with E-state index in [4.69, 9.17) is 0 Å². The fourth-order valence-corrected chi connectivity index (χ4v) is 3.68. The van der Waals surface area contributed by atoms with Crippen LogP contribution in [0.25, 0.3) is 16.5 Å². The number of aryl methyl sites for hydroxylation is 1. The molecule has 0 unspecified atom stereocenters. The SMILES string of the molecule is C=CNC(=C)c1cccc2cccc(CSc3ccc(C)cc3)c12. The van der Waals surface area contributed by atoms with Gasteiger partial charge in [0.2, 0.25) is 0 Å². The molecule has 0 saturated heterocycles. The van der Waals surface area contributed by atoms with E-state index in [1.54, 1.807) is 6.20 Å². The zero-order valence-corrected chi connectivity index (χ0v) is 14.7. The summed E-state index contributed by atoms with van der Waals surface area (Å²) in [5.41, 5.74) is 4.62. The van der Waals surface area contributed by atoms with Gasteiger partial charge in [-0.2, -0.15) is 0 Å². The second-order valence-electron chi connectivity index (χ2n) is 5.75. The highest BCUT2D eigenvalue weighted by molar-refractivity contribution is 7.98. The Morgan fingerprint density at radius 3 is 2.46 bits per heavy atom. The molecule has 24 heavy (non-hydrogen) atoms. The van der Waals surface area contributed by atoms with E-state index in [9.17, 15) is 0 Å². The van der Waals surface area contributed by atoms with Gasteiger partial charge in [0.1, 0.15) is 0 Å². The summed E-state index contributed by atoms with van der Waals surface area (Å²) in [6, 6.07) is 21.5. The summed E-state index contributed by atoms with van der Waals surface area (Å²) < 4.78 is 0. The van der Waals surface area contributed by atoms with Crippen LogP contribution in [0.2, 0.25) is 0 Å². The zero-order valence-electron chi connectivity index (χ0n) is 13.9. The molecule has 0 aliphatic rings. The average molecular weight is 331 g/mol. The van der Waals surface area contributed by atoms with Crippen molar-refractivity contribution >= 4 is 28.2 Å². The van der Waals surface area contributed by atoms with Crippen molar-refractivity contribution in [3.63, 3.8) is 0 Å². The predicted octanol–water partition coefficient (Wildman–Crippen LogP) is 6.14. The summed E-state index contributed by atoms with van der Waals surface area (Å²) in [7, 11) is 0. The minimum Gasteiger partial charge on any atom is -0.362 e. The van der Waals surface area contributed by atoms with Crippen molar-refractivity contribution in [2.75, 3.05) is 0 Å². The molecule has 0 aliphatic heterocycles. The van der Waals surface area contributed by atoms with Gasteiger partial charge in [0.25, 0.3) is 0 Å². The highest BCUT2D eigenvalue weighted by Gasteiger charge is 2.09. The van der Waals surface area contributed by atoms with E-state index in [1.807, 2.05) is 11.8 Å². The Bertz CT molecular complexity index is 873. The lowest BCUT2D eigenvalue weighted by molar-refractivity contribution is 1.23. The van der Waals surface area contributed by atoms with E-state index < -0.39 is 0 Å². The third-order valence-corrected chi connectivity index (χ3v) is 5.07. The number of hydrogen-bond donors (Lipinski definition) is 1. The van der Waals surface area contributed by atoms with Gasteiger partial charge in [-0.25, -0.2) is 0 Å². The van der Waals surface area contributed by atoms with Crippen LogP contribution in [0.1, 0.15) is 16.7 Å². The van der Waals surface area contributed by atoms with Gasteiger partial charge in [-0.1, -0.05) is 67.3 Å². The summed E-state index contributed by atoms with van der Waals surface area (Å²) in [5, 5.41) is 5.62. The van der Waals surface area contributed by atoms with Crippen LogP contribution < -0.4 is 5.32 Å². The first-order valence-electron chi connectivity index (χ1n) is 7.96. The van der Waals surface area contributed by atoms with E-state index in [0.717, 1.165) is 17.0 Å². The van der Waals surface area contributed by atoms with Crippen LogP contribution in [0.4, 0.5) is 0 Å². The normalized spacial score (nSPS) is 10.5. The topological polar surface area (TPSA) is 12.0 Å². The molecular weight excluding hydrogens is 310 g/mol. The molecule has 0 bridgehead atoms. The lowest BCUT2D eigenvalue weighted by Crippen LogP contribution is -2.02. The van der Waals surface area contributed by atoms with Gasteiger partial charge in [0.15, 0.2) is 0 Å².